The number of aryl methyl sites for hydroxylation is 1. The van der Waals surface area contributed by atoms with Crippen molar-refractivity contribution in [3.8, 4) is 17.6 Å². The minimum Gasteiger partial charge on any atom is -0.492 e. The number of hydrogen-bond acceptors (Lipinski definition) is 12. The van der Waals surface area contributed by atoms with Crippen molar-refractivity contribution in [2.24, 2.45) is 0 Å². The summed E-state index contributed by atoms with van der Waals surface area (Å²) in [5.41, 5.74) is 5.35. The van der Waals surface area contributed by atoms with E-state index in [4.69, 9.17) is 16.3 Å². The number of nitrogens with zero attached hydrogens (tertiary/aromatic N) is 4. The van der Waals surface area contributed by atoms with Gasteiger partial charge < -0.3 is 25.2 Å². The van der Waals surface area contributed by atoms with Crippen LogP contribution in [0.4, 0.5) is 23.1 Å². The molecule has 348 valence electrons. The van der Waals surface area contributed by atoms with E-state index in [1.165, 1.54) is 11.8 Å². The van der Waals surface area contributed by atoms with Gasteiger partial charge in [-0.25, -0.2) is 17.7 Å². The number of carbonyl (C=O) groups excluding carboxylic acids is 3. The van der Waals surface area contributed by atoms with E-state index >= 15 is 0 Å². The molecule has 2 saturated heterocycles. The quantitative estimate of drug-likeness (QED) is 0.0462. The van der Waals surface area contributed by atoms with Crippen LogP contribution in [0.2, 0.25) is 5.02 Å². The molecule has 4 aromatic rings. The van der Waals surface area contributed by atoms with Crippen LogP contribution in [-0.4, -0.2) is 88.5 Å². The van der Waals surface area contributed by atoms with Gasteiger partial charge in [0, 0.05) is 46.3 Å². The third-order valence-corrected chi connectivity index (χ3v) is 16.7. The van der Waals surface area contributed by atoms with Gasteiger partial charge in [-0.15, -0.1) is 0 Å². The van der Waals surface area contributed by atoms with Crippen LogP contribution in [0, 0.1) is 18.8 Å². The summed E-state index contributed by atoms with van der Waals surface area (Å²) in [6, 6.07) is 16.4. The SMILES string of the molecule is CCOc1cc(C2CCN(C3CCCC(C#Cc4ccc5c(c4)CN(C4CCC(=O)NC4=O)C5=O)(NBr)CC3)CC2)c(C)cc1Nc1ncc(Cl)c(Nc2ccccc2S(=O)(=O)C(C)C)n1. The van der Waals surface area contributed by atoms with Crippen LogP contribution in [0.5, 0.6) is 5.75 Å². The molecule has 4 heterocycles. The van der Waals surface area contributed by atoms with E-state index in [9.17, 15) is 22.8 Å². The fourth-order valence-corrected chi connectivity index (χ4v) is 11.5. The first-order chi connectivity index (χ1) is 31.7. The van der Waals surface area contributed by atoms with Gasteiger partial charge in [-0.2, -0.15) is 4.98 Å². The number of carbonyl (C=O) groups is 3. The Balaban J connectivity index is 0.895. The summed E-state index contributed by atoms with van der Waals surface area (Å²) < 4.78 is 35.8. The van der Waals surface area contributed by atoms with Crippen LogP contribution in [0.3, 0.4) is 0 Å². The van der Waals surface area contributed by atoms with Crippen LogP contribution in [0.15, 0.2) is 65.7 Å². The Labute approximate surface area is 400 Å². The fraction of sp³-hybridized carbons (Fsp3) is 0.449. The van der Waals surface area contributed by atoms with Gasteiger partial charge in [-0.1, -0.05) is 35.6 Å². The lowest BCUT2D eigenvalue weighted by molar-refractivity contribution is -0.136. The minimum absolute atomic E-state index is 0.169. The molecule has 0 spiro atoms. The first-order valence-corrected chi connectivity index (χ1v) is 25.5. The zero-order valence-corrected chi connectivity index (χ0v) is 40.8. The summed E-state index contributed by atoms with van der Waals surface area (Å²) in [6.45, 7) is 10.2. The Bertz CT molecular complexity index is 2700. The number of imide groups is 1. The number of sulfone groups is 1. The Morgan fingerprint density at radius 3 is 2.53 bits per heavy atom. The number of rotatable bonds is 12. The van der Waals surface area contributed by atoms with Crippen molar-refractivity contribution in [3.05, 3.63) is 93.6 Å². The molecule has 0 radical (unpaired) electrons. The standard InChI is InChI=1S/C49H56BrClN8O6S/c1-5-65-42-27-37(31(4)25-40(42)54-48-52-28-38(51)45(56-48)53-39-10-6-7-11-43(39)66(63,64)30(2)3)33-18-23-58(24-19-33)35-9-8-20-49(57-50,22-17-35)21-16-32-12-13-36-34(26-32)29-59(47(36)62)41-14-15-44(60)55-46(41)61/h6-7,10-13,25-28,30,33,35,41,57H,5,8-9,14-15,17-20,22-24,29H2,1-4H3,(H,55,60,61)(H2,52,53,54,56). The number of piperidine rings is 2. The molecular formula is C49H56BrClN8O6S. The normalized spacial score (nSPS) is 21.7. The Kier molecular flexibility index (Phi) is 14.4. The van der Waals surface area contributed by atoms with E-state index in [1.54, 1.807) is 49.1 Å². The summed E-state index contributed by atoms with van der Waals surface area (Å²) in [7, 11) is -3.58. The maximum atomic E-state index is 13.2. The summed E-state index contributed by atoms with van der Waals surface area (Å²) >= 11 is 10.1. The van der Waals surface area contributed by atoms with Crippen molar-refractivity contribution in [3.63, 3.8) is 0 Å². The van der Waals surface area contributed by atoms with Crippen molar-refractivity contribution < 1.29 is 27.5 Å². The molecule has 1 aliphatic carbocycles. The van der Waals surface area contributed by atoms with E-state index in [1.807, 2.05) is 19.1 Å². The highest BCUT2D eigenvalue weighted by molar-refractivity contribution is 9.08. The number of anilines is 4. The third kappa shape index (κ3) is 10.1. The van der Waals surface area contributed by atoms with Gasteiger partial charge in [0.25, 0.3) is 5.91 Å². The monoisotopic (exact) mass is 998 g/mol. The first kappa shape index (κ1) is 47.4. The summed E-state index contributed by atoms with van der Waals surface area (Å²) in [5.74, 6) is 7.69. The van der Waals surface area contributed by atoms with Gasteiger partial charge in [0.05, 0.1) is 39.9 Å². The number of hydrogen-bond donors (Lipinski definition) is 4. The molecule has 0 bridgehead atoms. The van der Waals surface area contributed by atoms with Crippen LogP contribution in [0.25, 0.3) is 0 Å². The molecule has 17 heteroatoms. The molecule has 3 unspecified atom stereocenters. The molecule has 8 rings (SSSR count). The van der Waals surface area contributed by atoms with E-state index in [0.29, 0.717) is 48.5 Å². The predicted octanol–water partition coefficient (Wildman–Crippen LogP) is 8.47. The smallest absolute Gasteiger partial charge is 0.255 e. The van der Waals surface area contributed by atoms with Crippen LogP contribution >= 0.6 is 27.7 Å². The van der Waals surface area contributed by atoms with Crippen LogP contribution in [0.1, 0.15) is 117 Å². The molecule has 3 aliphatic heterocycles. The Hall–Kier alpha value is -5.05. The maximum absolute atomic E-state index is 13.2. The fourth-order valence-electron chi connectivity index (χ4n) is 9.70. The number of aromatic nitrogens is 2. The molecule has 66 heavy (non-hydrogen) atoms. The number of fused-ring (bicyclic) bond motifs is 1. The zero-order chi connectivity index (χ0) is 46.8. The molecule has 4 aliphatic rings. The van der Waals surface area contributed by atoms with Crippen LogP contribution in [-0.2, 0) is 26.0 Å². The topological polar surface area (TPSA) is 175 Å². The molecular weight excluding hydrogens is 944 g/mol. The Morgan fingerprint density at radius 2 is 1.79 bits per heavy atom. The largest absolute Gasteiger partial charge is 0.492 e. The summed E-state index contributed by atoms with van der Waals surface area (Å²) in [6.07, 6.45) is 9.02. The highest BCUT2D eigenvalue weighted by Crippen LogP contribution is 2.40. The number of nitrogens with one attached hydrogen (secondary N) is 4. The second-order valence-corrected chi connectivity index (χ2v) is 21.2. The Morgan fingerprint density at radius 1 is 1.00 bits per heavy atom. The third-order valence-electron chi connectivity index (χ3n) is 13.4. The summed E-state index contributed by atoms with van der Waals surface area (Å²) in [5, 5.41) is 8.46. The van der Waals surface area contributed by atoms with E-state index in [0.717, 1.165) is 80.4 Å². The lowest BCUT2D eigenvalue weighted by atomic mass is 9.85. The lowest BCUT2D eigenvalue weighted by Crippen LogP contribution is -2.52. The van der Waals surface area contributed by atoms with Crippen molar-refractivity contribution in [1.82, 2.24) is 29.4 Å². The average molecular weight is 1000 g/mol. The molecule has 3 amide bonds. The van der Waals surface area contributed by atoms with Crippen molar-refractivity contribution in [1.29, 1.82) is 0 Å². The summed E-state index contributed by atoms with van der Waals surface area (Å²) in [4.78, 5) is 50.9. The molecule has 3 aromatic carbocycles. The van der Waals surface area contributed by atoms with Gasteiger partial charge in [0.1, 0.15) is 16.8 Å². The average Bonchev–Trinajstić information content (AvgIpc) is 3.47. The number of halogens is 2. The highest BCUT2D eigenvalue weighted by Gasteiger charge is 2.39. The molecule has 4 N–H and O–H groups in total. The van der Waals surface area contributed by atoms with Gasteiger partial charge in [0.2, 0.25) is 17.8 Å². The lowest BCUT2D eigenvalue weighted by Gasteiger charge is -2.38. The molecule has 3 atom stereocenters. The van der Waals surface area contributed by atoms with Gasteiger partial charge in [-0.3, -0.25) is 19.7 Å². The molecule has 1 saturated carbocycles. The second kappa shape index (κ2) is 20.0. The van der Waals surface area contributed by atoms with Crippen molar-refractivity contribution in [2.45, 2.75) is 126 Å². The van der Waals surface area contributed by atoms with E-state index in [2.05, 4.69) is 82.2 Å². The van der Waals surface area contributed by atoms with E-state index in [-0.39, 0.29) is 39.9 Å². The predicted molar refractivity (Wildman–Crippen MR) is 259 cm³/mol. The number of likely N-dealkylation sites (tertiary alicyclic amines) is 1. The zero-order valence-electron chi connectivity index (χ0n) is 37.7. The number of benzene rings is 3. The highest BCUT2D eigenvalue weighted by atomic mass is 79.9. The van der Waals surface area contributed by atoms with E-state index < -0.39 is 32.6 Å². The molecule has 14 nitrogen and oxygen atoms in total. The minimum atomic E-state index is -3.58. The number of ether oxygens (including phenoxy) is 1. The van der Waals surface area contributed by atoms with Gasteiger partial charge in [-0.05, 0) is 157 Å². The van der Waals surface area contributed by atoms with Gasteiger partial charge >= 0.3 is 0 Å². The van der Waals surface area contributed by atoms with Crippen LogP contribution < -0.4 is 25.0 Å². The maximum Gasteiger partial charge on any atom is 0.255 e. The van der Waals surface area contributed by atoms with Crippen molar-refractivity contribution >= 4 is 78.4 Å². The molecule has 1 aromatic heterocycles. The molecule has 3 fully saturated rings. The second-order valence-electron chi connectivity index (χ2n) is 18.0. The van der Waals surface area contributed by atoms with Crippen molar-refractivity contribution in [2.75, 3.05) is 30.3 Å². The van der Waals surface area contributed by atoms with Gasteiger partial charge in [0.15, 0.2) is 15.7 Å². The number of amides is 3. The first-order valence-electron chi connectivity index (χ1n) is 22.8. The number of para-hydroxylation sites is 1.